The summed E-state index contributed by atoms with van der Waals surface area (Å²) in [4.78, 5) is 14.8. The Morgan fingerprint density at radius 3 is 2.29 bits per heavy atom. The highest BCUT2D eigenvalue weighted by molar-refractivity contribution is 7.91. The normalized spacial score (nSPS) is 11.6. The first-order valence-corrected chi connectivity index (χ1v) is 8.66. The lowest BCUT2D eigenvalue weighted by Crippen LogP contribution is -2.09. The Bertz CT molecular complexity index is 1050. The van der Waals surface area contributed by atoms with Crippen LogP contribution in [0.25, 0.3) is 10.9 Å². The van der Waals surface area contributed by atoms with Crippen LogP contribution in [0, 0.1) is 24.0 Å². The van der Waals surface area contributed by atoms with Crippen LogP contribution in [0.2, 0.25) is 0 Å². The minimum Gasteiger partial charge on any atom is -0.258 e. The maximum atomic E-state index is 13.1. The quantitative estimate of drug-likeness (QED) is 0.536. The first kappa shape index (κ1) is 16.1. The van der Waals surface area contributed by atoms with Gasteiger partial charge in [0.15, 0.2) is 0 Å². The lowest BCUT2D eigenvalue weighted by molar-refractivity contribution is -0.386. The number of benzene rings is 2. The third kappa shape index (κ3) is 2.43. The van der Waals surface area contributed by atoms with Crippen LogP contribution in [0.1, 0.15) is 11.1 Å². The average Bonchev–Trinajstić information content (AvgIpc) is 2.53. The van der Waals surface area contributed by atoms with Crippen molar-refractivity contribution in [3.63, 3.8) is 0 Å². The number of rotatable bonds is 3. The van der Waals surface area contributed by atoms with E-state index in [0.717, 1.165) is 0 Å². The molecule has 7 heteroatoms. The van der Waals surface area contributed by atoms with Crippen molar-refractivity contribution in [2.75, 3.05) is 0 Å². The van der Waals surface area contributed by atoms with Crippen LogP contribution in [-0.2, 0) is 9.84 Å². The Labute approximate surface area is 138 Å². The van der Waals surface area contributed by atoms with E-state index in [1.165, 1.54) is 24.4 Å². The van der Waals surface area contributed by atoms with Crippen LogP contribution in [0.3, 0.4) is 0 Å². The van der Waals surface area contributed by atoms with Crippen molar-refractivity contribution in [3.8, 4) is 0 Å². The first-order valence-electron chi connectivity index (χ1n) is 7.17. The van der Waals surface area contributed by atoms with E-state index in [1.54, 1.807) is 38.1 Å². The van der Waals surface area contributed by atoms with Gasteiger partial charge in [-0.1, -0.05) is 18.2 Å². The van der Waals surface area contributed by atoms with E-state index in [9.17, 15) is 18.5 Å². The number of pyridine rings is 1. The van der Waals surface area contributed by atoms with Gasteiger partial charge in [-0.15, -0.1) is 0 Å². The monoisotopic (exact) mass is 342 g/mol. The number of hydrogen-bond donors (Lipinski definition) is 0. The SMILES string of the molecule is Cc1cccc(C)c1S(=O)(=O)c1ccc2ncccc2c1[N+](=O)[O-]. The molecule has 122 valence electrons. The molecule has 0 amide bonds. The molecule has 3 rings (SSSR count). The molecule has 0 radical (unpaired) electrons. The van der Waals surface area contributed by atoms with Gasteiger partial charge in [-0.2, -0.15) is 0 Å². The Morgan fingerprint density at radius 1 is 1.00 bits per heavy atom. The van der Waals surface area contributed by atoms with E-state index < -0.39 is 20.4 Å². The van der Waals surface area contributed by atoms with E-state index in [-0.39, 0.29) is 15.2 Å². The molecular weight excluding hydrogens is 328 g/mol. The van der Waals surface area contributed by atoms with Crippen LogP contribution in [0.15, 0.2) is 58.5 Å². The fourth-order valence-corrected chi connectivity index (χ4v) is 4.75. The van der Waals surface area contributed by atoms with Gasteiger partial charge in [0.25, 0.3) is 5.69 Å². The molecule has 0 aliphatic heterocycles. The molecule has 3 aromatic rings. The van der Waals surface area contributed by atoms with Gasteiger partial charge in [-0.3, -0.25) is 15.1 Å². The number of hydrogen-bond acceptors (Lipinski definition) is 5. The van der Waals surface area contributed by atoms with Crippen molar-refractivity contribution in [1.82, 2.24) is 4.98 Å². The molecule has 0 N–H and O–H groups in total. The van der Waals surface area contributed by atoms with Gasteiger partial charge in [0.1, 0.15) is 4.90 Å². The summed E-state index contributed by atoms with van der Waals surface area (Å²) in [5, 5.41) is 11.8. The number of nitro benzene ring substituents is 1. The summed E-state index contributed by atoms with van der Waals surface area (Å²) < 4.78 is 26.2. The van der Waals surface area contributed by atoms with Gasteiger partial charge in [-0.05, 0) is 49.2 Å². The molecule has 0 fully saturated rings. The molecule has 0 saturated carbocycles. The first-order chi connectivity index (χ1) is 11.3. The molecule has 1 aromatic heterocycles. The summed E-state index contributed by atoms with van der Waals surface area (Å²) in [7, 11) is -4.04. The summed E-state index contributed by atoms with van der Waals surface area (Å²) in [5.74, 6) is 0. The molecule has 0 spiro atoms. The number of fused-ring (bicyclic) bond motifs is 1. The molecule has 2 aromatic carbocycles. The Balaban J connectivity index is 2.41. The zero-order valence-corrected chi connectivity index (χ0v) is 13.9. The van der Waals surface area contributed by atoms with Gasteiger partial charge in [0.2, 0.25) is 9.84 Å². The van der Waals surface area contributed by atoms with Gasteiger partial charge >= 0.3 is 0 Å². The molecule has 0 unspecified atom stereocenters. The average molecular weight is 342 g/mol. The van der Waals surface area contributed by atoms with E-state index >= 15 is 0 Å². The van der Waals surface area contributed by atoms with E-state index in [1.807, 2.05) is 0 Å². The van der Waals surface area contributed by atoms with Crippen LogP contribution in [0.4, 0.5) is 5.69 Å². The Hall–Kier alpha value is -2.80. The van der Waals surface area contributed by atoms with Crippen molar-refractivity contribution in [2.45, 2.75) is 23.6 Å². The molecule has 0 aliphatic carbocycles. The maximum Gasteiger partial charge on any atom is 0.297 e. The van der Waals surface area contributed by atoms with Crippen LogP contribution in [0.5, 0.6) is 0 Å². The number of nitro groups is 1. The van der Waals surface area contributed by atoms with Crippen LogP contribution >= 0.6 is 0 Å². The zero-order valence-electron chi connectivity index (χ0n) is 13.1. The molecular formula is C17H14N2O4S. The van der Waals surface area contributed by atoms with Crippen molar-refractivity contribution in [1.29, 1.82) is 0 Å². The standard InChI is InChI=1S/C17H14N2O4S/c1-11-5-3-6-12(2)17(11)24(22,23)15-9-8-14-13(7-4-10-18-14)16(15)19(20)21/h3-10H,1-2H3. The molecule has 0 saturated heterocycles. The summed E-state index contributed by atoms with van der Waals surface area (Å²) in [5.41, 5.74) is 1.04. The van der Waals surface area contributed by atoms with Gasteiger partial charge in [0.05, 0.1) is 20.7 Å². The summed E-state index contributed by atoms with van der Waals surface area (Å²) in [6, 6.07) is 10.9. The summed E-state index contributed by atoms with van der Waals surface area (Å²) in [6.07, 6.45) is 1.51. The molecule has 6 nitrogen and oxygen atoms in total. The third-order valence-corrected chi connectivity index (χ3v) is 5.96. The Kier molecular flexibility index (Phi) is 3.81. The molecule has 0 atom stereocenters. The molecule has 24 heavy (non-hydrogen) atoms. The molecule has 0 bridgehead atoms. The fraction of sp³-hybridized carbons (Fsp3) is 0.118. The van der Waals surface area contributed by atoms with E-state index in [2.05, 4.69) is 4.98 Å². The largest absolute Gasteiger partial charge is 0.297 e. The predicted molar refractivity (Wildman–Crippen MR) is 89.8 cm³/mol. The second kappa shape index (κ2) is 5.68. The number of aromatic nitrogens is 1. The number of sulfone groups is 1. The maximum absolute atomic E-state index is 13.1. The highest BCUT2D eigenvalue weighted by atomic mass is 32.2. The van der Waals surface area contributed by atoms with Crippen molar-refractivity contribution >= 4 is 26.4 Å². The van der Waals surface area contributed by atoms with Crippen molar-refractivity contribution in [3.05, 3.63) is 69.9 Å². The predicted octanol–water partition coefficient (Wildman–Crippen LogP) is 3.59. The smallest absolute Gasteiger partial charge is 0.258 e. The zero-order chi connectivity index (χ0) is 17.5. The van der Waals surface area contributed by atoms with Crippen molar-refractivity contribution < 1.29 is 13.3 Å². The topological polar surface area (TPSA) is 90.2 Å². The Morgan fingerprint density at radius 2 is 1.67 bits per heavy atom. The van der Waals surface area contributed by atoms with Crippen LogP contribution in [-0.4, -0.2) is 18.3 Å². The van der Waals surface area contributed by atoms with Gasteiger partial charge in [0, 0.05) is 6.20 Å². The highest BCUT2D eigenvalue weighted by Crippen LogP contribution is 2.36. The lowest BCUT2D eigenvalue weighted by Gasteiger charge is -2.12. The number of nitrogens with zero attached hydrogens (tertiary/aromatic N) is 2. The summed E-state index contributed by atoms with van der Waals surface area (Å²) >= 11 is 0. The minimum absolute atomic E-state index is 0.108. The number of aryl methyl sites for hydroxylation is 2. The third-order valence-electron chi connectivity index (χ3n) is 3.87. The van der Waals surface area contributed by atoms with E-state index in [4.69, 9.17) is 0 Å². The van der Waals surface area contributed by atoms with Gasteiger partial charge < -0.3 is 0 Å². The fourth-order valence-electron chi connectivity index (χ4n) is 2.86. The molecule has 1 heterocycles. The van der Waals surface area contributed by atoms with Crippen molar-refractivity contribution in [2.24, 2.45) is 0 Å². The lowest BCUT2D eigenvalue weighted by atomic mass is 10.2. The minimum atomic E-state index is -4.04. The second-order valence-electron chi connectivity index (χ2n) is 5.46. The summed E-state index contributed by atoms with van der Waals surface area (Å²) in [6.45, 7) is 3.35. The molecule has 0 aliphatic rings. The van der Waals surface area contributed by atoms with E-state index in [0.29, 0.717) is 16.6 Å². The van der Waals surface area contributed by atoms with Crippen LogP contribution < -0.4 is 0 Å². The van der Waals surface area contributed by atoms with Gasteiger partial charge in [-0.25, -0.2) is 8.42 Å². The second-order valence-corrected chi connectivity index (χ2v) is 7.32. The highest BCUT2D eigenvalue weighted by Gasteiger charge is 2.31.